The van der Waals surface area contributed by atoms with E-state index in [9.17, 15) is 13.2 Å². The molecule has 1 aromatic rings. The third-order valence-corrected chi connectivity index (χ3v) is 3.20. The molecule has 0 atom stereocenters. The third kappa shape index (κ3) is 5.15. The Kier molecular flexibility index (Phi) is 5.36. The van der Waals surface area contributed by atoms with Crippen LogP contribution in [-0.2, 0) is 11.0 Å². The largest absolute Gasteiger partial charge is 0.433 e. The molecule has 0 saturated heterocycles. The van der Waals surface area contributed by atoms with Crippen LogP contribution in [0.4, 0.5) is 13.2 Å². The lowest BCUT2D eigenvalue weighted by molar-refractivity contribution is -0.141. The van der Waals surface area contributed by atoms with E-state index < -0.39 is 17.5 Å². The van der Waals surface area contributed by atoms with Gasteiger partial charge in [0.25, 0.3) is 0 Å². The smallest absolute Gasteiger partial charge is 0.333 e. The highest BCUT2D eigenvalue weighted by molar-refractivity contribution is 6.05. The Morgan fingerprint density at radius 1 is 1.20 bits per heavy atom. The number of guanidine groups is 1. The van der Waals surface area contributed by atoms with Gasteiger partial charge in [-0.2, -0.15) is 18.2 Å². The molecule has 1 N–H and O–H groups in total. The van der Waals surface area contributed by atoms with Gasteiger partial charge >= 0.3 is 6.18 Å². The number of nitrogens with one attached hydrogen (secondary N) is 1. The van der Waals surface area contributed by atoms with Gasteiger partial charge in [-0.1, -0.05) is 6.07 Å². The molecule has 0 bridgehead atoms. The lowest BCUT2D eigenvalue weighted by Crippen LogP contribution is -2.44. The summed E-state index contributed by atoms with van der Waals surface area (Å²) in [6.07, 6.45) is -4.52. The zero-order valence-corrected chi connectivity index (χ0v) is 14.8. The van der Waals surface area contributed by atoms with E-state index in [1.54, 1.807) is 4.90 Å². The molecule has 1 aliphatic heterocycles. The van der Waals surface area contributed by atoms with Crippen LogP contribution in [0.5, 0.6) is 0 Å². The van der Waals surface area contributed by atoms with Gasteiger partial charge in [0.05, 0.1) is 5.60 Å². The van der Waals surface area contributed by atoms with Gasteiger partial charge in [0.1, 0.15) is 18.1 Å². The Balaban J connectivity index is 2.35. The van der Waals surface area contributed by atoms with E-state index in [2.05, 4.69) is 20.4 Å². The highest BCUT2D eigenvalue weighted by Gasteiger charge is 2.33. The second-order valence-corrected chi connectivity index (χ2v) is 6.84. The van der Waals surface area contributed by atoms with Crippen molar-refractivity contribution in [3.63, 3.8) is 0 Å². The van der Waals surface area contributed by atoms with Gasteiger partial charge in [0, 0.05) is 6.04 Å². The molecule has 0 radical (unpaired) electrons. The lowest BCUT2D eigenvalue weighted by Gasteiger charge is -2.31. The second kappa shape index (κ2) is 6.99. The molecule has 0 amide bonds. The zero-order valence-electron chi connectivity index (χ0n) is 14.8. The molecule has 0 spiro atoms. The van der Waals surface area contributed by atoms with Gasteiger partial charge in [0.15, 0.2) is 5.84 Å². The van der Waals surface area contributed by atoms with Crippen molar-refractivity contribution in [3.05, 3.63) is 29.6 Å². The van der Waals surface area contributed by atoms with Gasteiger partial charge in [-0.05, 0) is 46.8 Å². The molecule has 138 valence electrons. The van der Waals surface area contributed by atoms with Crippen LogP contribution in [0.25, 0.3) is 0 Å². The summed E-state index contributed by atoms with van der Waals surface area (Å²) in [6.45, 7) is 9.60. The van der Waals surface area contributed by atoms with E-state index in [1.165, 1.54) is 12.1 Å². The van der Waals surface area contributed by atoms with Crippen molar-refractivity contribution in [1.29, 1.82) is 0 Å². The molecular formula is C16H22F3N5O. The summed E-state index contributed by atoms with van der Waals surface area (Å²) < 4.78 is 38.8. The van der Waals surface area contributed by atoms with E-state index in [1.807, 2.05) is 34.6 Å². The standard InChI is InChI=1S/C16H22F3N5O/c1-10(2)24-9-20-14(23-25-15(3,4)5)22-13(24)11-7-6-8-12(21-11)16(17,18)19/h6-8,10H,9H2,1-5H3,(H,20,23). The summed E-state index contributed by atoms with van der Waals surface area (Å²) in [4.78, 5) is 19.5. The van der Waals surface area contributed by atoms with Crippen molar-refractivity contribution < 1.29 is 18.0 Å². The summed E-state index contributed by atoms with van der Waals surface area (Å²) >= 11 is 0. The number of aromatic nitrogens is 1. The quantitative estimate of drug-likeness (QED) is 0.844. The van der Waals surface area contributed by atoms with Crippen molar-refractivity contribution >= 4 is 11.8 Å². The van der Waals surface area contributed by atoms with Crippen molar-refractivity contribution in [2.75, 3.05) is 6.67 Å². The van der Waals surface area contributed by atoms with E-state index in [0.717, 1.165) is 6.07 Å². The normalized spacial score (nSPS) is 16.0. The molecule has 9 heteroatoms. The number of rotatable bonds is 3. The molecule has 2 rings (SSSR count). The summed E-state index contributed by atoms with van der Waals surface area (Å²) in [5.41, 5.74) is 1.35. The van der Waals surface area contributed by atoms with Crippen molar-refractivity contribution in [2.24, 2.45) is 9.98 Å². The van der Waals surface area contributed by atoms with Gasteiger partial charge in [-0.15, -0.1) is 0 Å². The fourth-order valence-corrected chi connectivity index (χ4v) is 1.99. The summed E-state index contributed by atoms with van der Waals surface area (Å²) in [6, 6.07) is 3.74. The van der Waals surface area contributed by atoms with Crippen LogP contribution in [0.3, 0.4) is 0 Å². The fourth-order valence-electron chi connectivity index (χ4n) is 1.99. The third-order valence-electron chi connectivity index (χ3n) is 3.20. The number of halogens is 3. The fraction of sp³-hybridized carbons (Fsp3) is 0.562. The molecule has 0 unspecified atom stereocenters. The number of hydroxylamine groups is 1. The van der Waals surface area contributed by atoms with Gasteiger partial charge < -0.3 is 4.90 Å². The van der Waals surface area contributed by atoms with Crippen LogP contribution in [0.2, 0.25) is 0 Å². The molecule has 0 aliphatic carbocycles. The monoisotopic (exact) mass is 357 g/mol. The molecule has 0 fully saturated rings. The van der Waals surface area contributed by atoms with Crippen LogP contribution in [0.1, 0.15) is 46.0 Å². The number of hydrogen-bond acceptors (Lipinski definition) is 6. The Morgan fingerprint density at radius 2 is 1.88 bits per heavy atom. The van der Waals surface area contributed by atoms with Crippen LogP contribution in [0, 0.1) is 0 Å². The molecule has 0 aromatic carbocycles. The second-order valence-electron chi connectivity index (χ2n) is 6.84. The first-order valence-corrected chi connectivity index (χ1v) is 7.86. The predicted octanol–water partition coefficient (Wildman–Crippen LogP) is 3.20. The highest BCUT2D eigenvalue weighted by Crippen LogP contribution is 2.27. The van der Waals surface area contributed by atoms with Crippen molar-refractivity contribution in [1.82, 2.24) is 15.4 Å². The maximum Gasteiger partial charge on any atom is 0.433 e. The lowest BCUT2D eigenvalue weighted by atomic mass is 10.2. The number of alkyl halides is 3. The first-order valence-electron chi connectivity index (χ1n) is 7.86. The maximum absolute atomic E-state index is 12.9. The first kappa shape index (κ1) is 19.2. The van der Waals surface area contributed by atoms with E-state index >= 15 is 0 Å². The highest BCUT2D eigenvalue weighted by atomic mass is 19.4. The number of pyridine rings is 1. The minimum Gasteiger partial charge on any atom is -0.333 e. The van der Waals surface area contributed by atoms with Crippen molar-refractivity contribution in [3.8, 4) is 0 Å². The SMILES string of the molecule is CC(C)N1CN=C(NOC(C)(C)C)N=C1c1cccc(C(F)(F)F)n1. The zero-order chi connectivity index (χ0) is 18.8. The number of aliphatic imine (C=N–C) groups is 2. The Morgan fingerprint density at radius 3 is 2.44 bits per heavy atom. The summed E-state index contributed by atoms with van der Waals surface area (Å²) in [5.74, 6) is 0.511. The maximum atomic E-state index is 12.9. The first-order chi connectivity index (χ1) is 11.5. The molecular weight excluding hydrogens is 335 g/mol. The van der Waals surface area contributed by atoms with Crippen LogP contribution in [-0.4, -0.2) is 40.0 Å². The minimum atomic E-state index is -4.52. The Bertz CT molecular complexity index is 677. The average Bonchev–Trinajstić information content (AvgIpc) is 2.51. The summed E-state index contributed by atoms with van der Waals surface area (Å²) in [5, 5.41) is 0. The van der Waals surface area contributed by atoms with Crippen LogP contribution in [0.15, 0.2) is 28.2 Å². The molecule has 0 saturated carbocycles. The minimum absolute atomic E-state index is 0.0103. The Hall–Kier alpha value is -2.16. The topological polar surface area (TPSA) is 62.1 Å². The molecule has 1 aromatic heterocycles. The average molecular weight is 357 g/mol. The van der Waals surface area contributed by atoms with Crippen LogP contribution < -0.4 is 5.48 Å². The van der Waals surface area contributed by atoms with Gasteiger partial charge in [-0.25, -0.2) is 15.5 Å². The van der Waals surface area contributed by atoms with Gasteiger partial charge in [0.2, 0.25) is 5.96 Å². The predicted molar refractivity (Wildman–Crippen MR) is 89.0 cm³/mol. The Labute approximate surface area is 144 Å². The van der Waals surface area contributed by atoms with Crippen LogP contribution >= 0.6 is 0 Å². The number of hydrogen-bond donors (Lipinski definition) is 1. The summed E-state index contributed by atoms with van der Waals surface area (Å²) in [7, 11) is 0. The van der Waals surface area contributed by atoms with Gasteiger partial charge in [-0.3, -0.25) is 4.84 Å². The van der Waals surface area contributed by atoms with E-state index in [4.69, 9.17) is 4.84 Å². The van der Waals surface area contributed by atoms with E-state index in [-0.39, 0.29) is 24.4 Å². The number of nitrogens with zero attached hydrogens (tertiary/aromatic N) is 4. The molecule has 2 heterocycles. The molecule has 1 aliphatic rings. The molecule has 6 nitrogen and oxygen atoms in total. The van der Waals surface area contributed by atoms with Crippen molar-refractivity contribution in [2.45, 2.75) is 52.4 Å². The number of amidine groups is 1. The van der Waals surface area contributed by atoms with E-state index in [0.29, 0.717) is 5.84 Å². The molecule has 25 heavy (non-hydrogen) atoms.